The molecule has 152 valence electrons. The van der Waals surface area contributed by atoms with Gasteiger partial charge in [0.1, 0.15) is 5.54 Å². The van der Waals surface area contributed by atoms with Gasteiger partial charge in [0, 0.05) is 21.8 Å². The molecule has 7 heteroatoms. The topological polar surface area (TPSA) is 69.7 Å². The van der Waals surface area contributed by atoms with Gasteiger partial charge in [-0.2, -0.15) is 0 Å². The van der Waals surface area contributed by atoms with Crippen molar-refractivity contribution in [2.75, 3.05) is 16.8 Å². The summed E-state index contributed by atoms with van der Waals surface area (Å²) >= 11 is 3.48. The number of rotatable bonds is 1. The maximum atomic E-state index is 13.9. The van der Waals surface area contributed by atoms with Crippen LogP contribution >= 0.6 is 15.9 Å². The third-order valence-corrected chi connectivity index (χ3v) is 8.00. The molecule has 0 bridgehead atoms. The summed E-state index contributed by atoms with van der Waals surface area (Å²) in [6, 6.07) is 13.0. The first-order valence-electron chi connectivity index (χ1n) is 10.3. The molecule has 4 atom stereocenters. The minimum Gasteiger partial charge on any atom is -0.324 e. The lowest BCUT2D eigenvalue weighted by Crippen LogP contribution is -2.54. The second kappa shape index (κ2) is 6.02. The minimum absolute atomic E-state index is 0.101. The molecule has 2 aromatic carbocycles. The van der Waals surface area contributed by atoms with Crippen molar-refractivity contribution in [2.24, 2.45) is 11.8 Å². The second-order valence-corrected chi connectivity index (χ2v) is 9.44. The Labute approximate surface area is 182 Å². The molecule has 3 saturated heterocycles. The Hall–Kier alpha value is -2.51. The van der Waals surface area contributed by atoms with Crippen LogP contribution in [0.3, 0.4) is 0 Å². The lowest BCUT2D eigenvalue weighted by Gasteiger charge is -2.36. The number of nitrogens with zero attached hydrogens (tertiary/aromatic N) is 2. The average Bonchev–Trinajstić information content (AvgIpc) is 3.42. The standard InChI is InChI=1S/C23H20BrN3O3/c1-12-6-4-7-13-19(12)25-22(30)23(13)18-17(16-10-5-11-26(16)23)20(28)27(21(18)29)15-9-3-2-8-14(15)24/h2-4,6-9,16-18H,5,10-11H2,1H3,(H,25,30)/t16-,17-,18+,23+/m1/s1. The van der Waals surface area contributed by atoms with Crippen LogP contribution < -0.4 is 10.2 Å². The SMILES string of the molecule is Cc1cccc2c1NC(=O)[C@@]21[C@@H]2C(=O)N(c3ccccc3Br)C(=O)[C@@H]2[C@H]2CCCN21. The van der Waals surface area contributed by atoms with Crippen molar-refractivity contribution in [1.82, 2.24) is 4.90 Å². The van der Waals surface area contributed by atoms with Crippen molar-refractivity contribution >= 4 is 45.0 Å². The molecule has 4 aliphatic rings. The summed E-state index contributed by atoms with van der Waals surface area (Å²) in [5, 5.41) is 3.05. The summed E-state index contributed by atoms with van der Waals surface area (Å²) in [5.41, 5.74) is 2.02. The third-order valence-electron chi connectivity index (χ3n) is 7.33. The summed E-state index contributed by atoms with van der Waals surface area (Å²) < 4.78 is 0.691. The van der Waals surface area contributed by atoms with E-state index >= 15 is 0 Å². The highest BCUT2D eigenvalue weighted by molar-refractivity contribution is 9.10. The van der Waals surface area contributed by atoms with E-state index < -0.39 is 17.4 Å². The van der Waals surface area contributed by atoms with E-state index in [1.165, 1.54) is 4.90 Å². The molecule has 6 rings (SSSR count). The Morgan fingerprint density at radius 1 is 1.07 bits per heavy atom. The van der Waals surface area contributed by atoms with Gasteiger partial charge in [-0.1, -0.05) is 30.3 Å². The van der Waals surface area contributed by atoms with Gasteiger partial charge in [0.2, 0.25) is 17.7 Å². The van der Waals surface area contributed by atoms with Crippen molar-refractivity contribution in [3.8, 4) is 0 Å². The number of imide groups is 1. The molecule has 1 N–H and O–H groups in total. The van der Waals surface area contributed by atoms with Crippen molar-refractivity contribution in [2.45, 2.75) is 31.3 Å². The number of anilines is 2. The lowest BCUT2D eigenvalue weighted by atomic mass is 9.75. The smallest absolute Gasteiger partial charge is 0.250 e. The van der Waals surface area contributed by atoms with E-state index in [0.717, 1.165) is 29.7 Å². The number of fused-ring (bicyclic) bond motifs is 7. The van der Waals surface area contributed by atoms with Crippen LogP contribution in [0.5, 0.6) is 0 Å². The minimum atomic E-state index is -1.12. The molecule has 6 nitrogen and oxygen atoms in total. The van der Waals surface area contributed by atoms with Crippen molar-refractivity contribution in [1.29, 1.82) is 0 Å². The van der Waals surface area contributed by atoms with Crippen LogP contribution in [0.2, 0.25) is 0 Å². The number of hydrogen-bond acceptors (Lipinski definition) is 4. The van der Waals surface area contributed by atoms with Gasteiger partial charge < -0.3 is 5.32 Å². The first-order valence-corrected chi connectivity index (χ1v) is 11.1. The fourth-order valence-corrected chi connectivity index (χ4v) is 6.71. The zero-order chi connectivity index (χ0) is 20.8. The van der Waals surface area contributed by atoms with E-state index in [2.05, 4.69) is 26.1 Å². The maximum absolute atomic E-state index is 13.9. The molecule has 0 aromatic heterocycles. The van der Waals surface area contributed by atoms with Gasteiger partial charge in [0.25, 0.3) is 0 Å². The van der Waals surface area contributed by atoms with E-state index in [1.807, 2.05) is 43.3 Å². The van der Waals surface area contributed by atoms with Crippen LogP contribution in [0.15, 0.2) is 46.9 Å². The Balaban J connectivity index is 1.59. The van der Waals surface area contributed by atoms with E-state index in [9.17, 15) is 14.4 Å². The van der Waals surface area contributed by atoms with Gasteiger partial charge in [0.15, 0.2) is 0 Å². The molecule has 3 fully saturated rings. The Morgan fingerprint density at radius 2 is 1.87 bits per heavy atom. The molecule has 0 unspecified atom stereocenters. The van der Waals surface area contributed by atoms with Crippen LogP contribution in [0.25, 0.3) is 0 Å². The first kappa shape index (κ1) is 18.3. The summed E-state index contributed by atoms with van der Waals surface area (Å²) in [5.74, 6) is -1.88. The molecule has 1 spiro atoms. The molecule has 2 aromatic rings. The average molecular weight is 466 g/mol. The van der Waals surface area contributed by atoms with Gasteiger partial charge in [-0.15, -0.1) is 0 Å². The third kappa shape index (κ3) is 1.95. The quantitative estimate of drug-likeness (QED) is 0.656. The van der Waals surface area contributed by atoms with Gasteiger partial charge in [-0.25, -0.2) is 4.90 Å². The van der Waals surface area contributed by atoms with Crippen molar-refractivity contribution < 1.29 is 14.4 Å². The van der Waals surface area contributed by atoms with Gasteiger partial charge in [0.05, 0.1) is 17.5 Å². The van der Waals surface area contributed by atoms with Crippen LogP contribution in [-0.4, -0.2) is 35.2 Å². The first-order chi connectivity index (χ1) is 14.5. The number of benzene rings is 2. The Morgan fingerprint density at radius 3 is 2.67 bits per heavy atom. The molecule has 0 aliphatic carbocycles. The number of halogens is 1. The van der Waals surface area contributed by atoms with Crippen molar-refractivity contribution in [3.63, 3.8) is 0 Å². The summed E-state index contributed by atoms with van der Waals surface area (Å²) in [4.78, 5) is 44.6. The number of carbonyl (C=O) groups excluding carboxylic acids is 3. The van der Waals surface area contributed by atoms with E-state index in [4.69, 9.17) is 0 Å². The normalized spacial score (nSPS) is 32.0. The molecule has 30 heavy (non-hydrogen) atoms. The number of amides is 3. The van der Waals surface area contributed by atoms with Gasteiger partial charge in [-0.05, 0) is 59.9 Å². The molecule has 3 amide bonds. The molecular weight excluding hydrogens is 446 g/mol. The number of para-hydroxylation sites is 2. The van der Waals surface area contributed by atoms with Crippen LogP contribution in [-0.2, 0) is 19.9 Å². The summed E-state index contributed by atoms with van der Waals surface area (Å²) in [6.45, 7) is 2.68. The largest absolute Gasteiger partial charge is 0.324 e. The van der Waals surface area contributed by atoms with Crippen LogP contribution in [0.4, 0.5) is 11.4 Å². The summed E-state index contributed by atoms with van der Waals surface area (Å²) in [6.07, 6.45) is 1.74. The molecule has 0 radical (unpaired) electrons. The maximum Gasteiger partial charge on any atom is 0.250 e. The predicted molar refractivity (Wildman–Crippen MR) is 115 cm³/mol. The van der Waals surface area contributed by atoms with E-state index in [-0.39, 0.29) is 23.8 Å². The number of hydrogen-bond donors (Lipinski definition) is 1. The number of carbonyl (C=O) groups is 3. The lowest BCUT2D eigenvalue weighted by molar-refractivity contribution is -0.135. The number of aryl methyl sites for hydroxylation is 1. The zero-order valence-electron chi connectivity index (χ0n) is 16.4. The fourth-order valence-electron chi connectivity index (χ4n) is 6.25. The monoisotopic (exact) mass is 465 g/mol. The van der Waals surface area contributed by atoms with E-state index in [0.29, 0.717) is 16.7 Å². The second-order valence-electron chi connectivity index (χ2n) is 8.59. The van der Waals surface area contributed by atoms with Gasteiger partial charge in [-0.3, -0.25) is 19.3 Å². The Bertz CT molecular complexity index is 1150. The highest BCUT2D eigenvalue weighted by Gasteiger charge is 2.74. The molecule has 0 saturated carbocycles. The molecule has 4 aliphatic heterocycles. The Kier molecular flexibility index (Phi) is 3.66. The van der Waals surface area contributed by atoms with Crippen LogP contribution in [0.1, 0.15) is 24.0 Å². The fraction of sp³-hybridized carbons (Fsp3) is 0.348. The highest BCUT2D eigenvalue weighted by atomic mass is 79.9. The zero-order valence-corrected chi connectivity index (χ0v) is 18.0. The summed E-state index contributed by atoms with van der Waals surface area (Å²) in [7, 11) is 0. The molecule has 4 heterocycles. The van der Waals surface area contributed by atoms with E-state index in [1.54, 1.807) is 6.07 Å². The van der Waals surface area contributed by atoms with Crippen LogP contribution in [0, 0.1) is 18.8 Å². The molecular formula is C23H20BrN3O3. The van der Waals surface area contributed by atoms with Gasteiger partial charge >= 0.3 is 0 Å². The predicted octanol–water partition coefficient (Wildman–Crippen LogP) is 3.19. The number of nitrogens with one attached hydrogen (secondary N) is 1. The van der Waals surface area contributed by atoms with Crippen molar-refractivity contribution in [3.05, 3.63) is 58.1 Å². The highest BCUT2D eigenvalue weighted by Crippen LogP contribution is 2.61.